The highest BCUT2D eigenvalue weighted by Gasteiger charge is 2.27. The largest absolute Gasteiger partial charge is 0.403 e. The Balaban J connectivity index is 2.09. The molecule has 1 atom stereocenters. The molecule has 1 saturated carbocycles. The molecule has 1 aromatic rings. The summed E-state index contributed by atoms with van der Waals surface area (Å²) in [4.78, 5) is 40.7. The van der Waals surface area contributed by atoms with E-state index in [0.717, 1.165) is 37.0 Å². The summed E-state index contributed by atoms with van der Waals surface area (Å²) in [5, 5.41) is 5.50. The first-order chi connectivity index (χ1) is 12.6. The van der Waals surface area contributed by atoms with E-state index in [1.165, 1.54) is 12.4 Å². The van der Waals surface area contributed by atoms with Crippen LogP contribution in [0.1, 0.15) is 51.4 Å². The van der Waals surface area contributed by atoms with Crippen molar-refractivity contribution in [2.75, 3.05) is 7.05 Å². The van der Waals surface area contributed by atoms with Gasteiger partial charge in [-0.1, -0.05) is 25.7 Å². The lowest BCUT2D eigenvalue weighted by molar-refractivity contribution is -0.122. The quantitative estimate of drug-likeness (QED) is 0.474. The minimum absolute atomic E-state index is 0.325. The van der Waals surface area contributed by atoms with Gasteiger partial charge in [0.25, 0.3) is 5.91 Å². The number of hydrogen-bond donors (Lipinski definition) is 3. The van der Waals surface area contributed by atoms with Crippen LogP contribution in [-0.4, -0.2) is 37.4 Å². The van der Waals surface area contributed by atoms with Gasteiger partial charge in [0.2, 0.25) is 5.91 Å². The maximum absolute atomic E-state index is 12.7. The fraction of sp³-hybridized carbons (Fsp3) is 0.444. The van der Waals surface area contributed by atoms with E-state index in [1.54, 1.807) is 19.2 Å². The van der Waals surface area contributed by atoms with Gasteiger partial charge >= 0.3 is 0 Å². The molecule has 26 heavy (non-hydrogen) atoms. The van der Waals surface area contributed by atoms with E-state index in [2.05, 4.69) is 15.6 Å². The van der Waals surface area contributed by atoms with Crippen LogP contribution in [0, 0.1) is 5.92 Å². The normalized spacial score (nSPS) is 16.6. The molecule has 0 radical (unpaired) electrons. The van der Waals surface area contributed by atoms with E-state index in [9.17, 15) is 14.4 Å². The first-order valence-corrected chi connectivity index (χ1v) is 9.39. The second kappa shape index (κ2) is 9.86. The molecule has 8 heteroatoms. The van der Waals surface area contributed by atoms with E-state index in [0.29, 0.717) is 34.1 Å². The van der Waals surface area contributed by atoms with Gasteiger partial charge in [-0.3, -0.25) is 19.4 Å². The zero-order valence-corrected chi connectivity index (χ0v) is 15.6. The summed E-state index contributed by atoms with van der Waals surface area (Å²) < 4.78 is 0. The Bertz CT molecular complexity index is 705. The molecule has 0 aliphatic heterocycles. The molecule has 7 nitrogen and oxygen atoms in total. The highest BCUT2D eigenvalue weighted by Crippen LogP contribution is 2.29. The molecule has 1 aromatic heterocycles. The molecule has 1 fully saturated rings. The maximum Gasteiger partial charge on any atom is 0.262 e. The number of carbonyl (C=O) groups excluding carboxylic acids is 3. The van der Waals surface area contributed by atoms with Crippen LogP contribution in [0.5, 0.6) is 0 Å². The van der Waals surface area contributed by atoms with Crippen molar-refractivity contribution in [2.45, 2.75) is 38.1 Å². The Morgan fingerprint density at radius 3 is 2.69 bits per heavy atom. The molecule has 1 unspecified atom stereocenters. The number of nitrogens with zero attached hydrogens (tertiary/aromatic N) is 1. The molecule has 0 spiro atoms. The van der Waals surface area contributed by atoms with Crippen molar-refractivity contribution < 1.29 is 14.4 Å². The summed E-state index contributed by atoms with van der Waals surface area (Å²) in [7, 11) is 1.58. The van der Waals surface area contributed by atoms with E-state index in [-0.39, 0.29) is 11.8 Å². The third-order valence-corrected chi connectivity index (χ3v) is 5.36. The van der Waals surface area contributed by atoms with Gasteiger partial charge in [0.05, 0.1) is 15.5 Å². The molecule has 2 amide bonds. The van der Waals surface area contributed by atoms with Gasteiger partial charge < -0.3 is 16.4 Å². The van der Waals surface area contributed by atoms with Crippen molar-refractivity contribution in [3.8, 4) is 0 Å². The topological polar surface area (TPSA) is 114 Å². The number of thiophene rings is 1. The van der Waals surface area contributed by atoms with Gasteiger partial charge in [0.1, 0.15) is 6.04 Å². The van der Waals surface area contributed by atoms with Crippen molar-refractivity contribution in [3.05, 3.63) is 33.8 Å². The van der Waals surface area contributed by atoms with Crippen molar-refractivity contribution in [1.29, 1.82) is 0 Å². The Morgan fingerprint density at radius 2 is 2.12 bits per heavy atom. The lowest BCUT2D eigenvalue weighted by Crippen LogP contribution is -2.47. The van der Waals surface area contributed by atoms with Crippen LogP contribution >= 0.6 is 11.3 Å². The third-order valence-electron chi connectivity index (χ3n) is 4.35. The van der Waals surface area contributed by atoms with Gasteiger partial charge in [-0.2, -0.15) is 0 Å². The molecule has 0 aromatic carbocycles. The van der Waals surface area contributed by atoms with Gasteiger partial charge in [-0.05, 0) is 24.5 Å². The Kier molecular flexibility index (Phi) is 7.53. The fourth-order valence-corrected chi connectivity index (χ4v) is 3.79. The Hall–Kier alpha value is -2.48. The van der Waals surface area contributed by atoms with Gasteiger partial charge in [-0.25, -0.2) is 0 Å². The summed E-state index contributed by atoms with van der Waals surface area (Å²) in [5.41, 5.74) is 5.87. The van der Waals surface area contributed by atoms with E-state index in [1.807, 2.05) is 0 Å². The summed E-state index contributed by atoms with van der Waals surface area (Å²) >= 11 is 1.10. The molecule has 4 N–H and O–H groups in total. The summed E-state index contributed by atoms with van der Waals surface area (Å²) in [6.07, 6.45) is 8.40. The second-order valence-corrected chi connectivity index (χ2v) is 7.35. The highest BCUT2D eigenvalue weighted by atomic mass is 32.1. The minimum atomic E-state index is -0.674. The number of nitrogens with two attached hydrogens (primary N) is 1. The SMILES string of the molecule is CN=C/C(=C\N)NC(=O)C(CC1CCCC1)NC(=O)c1ccc(C=O)s1. The lowest BCUT2D eigenvalue weighted by atomic mass is 9.97. The summed E-state index contributed by atoms with van der Waals surface area (Å²) in [6.45, 7) is 0. The average Bonchev–Trinajstić information content (AvgIpc) is 3.32. The monoisotopic (exact) mass is 376 g/mol. The number of carbonyl (C=O) groups is 3. The third kappa shape index (κ3) is 5.52. The van der Waals surface area contributed by atoms with E-state index in [4.69, 9.17) is 5.73 Å². The van der Waals surface area contributed by atoms with Crippen molar-refractivity contribution in [3.63, 3.8) is 0 Å². The van der Waals surface area contributed by atoms with Gasteiger partial charge in [0, 0.05) is 19.5 Å². The van der Waals surface area contributed by atoms with Crippen LogP contribution in [0.15, 0.2) is 29.0 Å². The number of hydrogen-bond acceptors (Lipinski definition) is 6. The Morgan fingerprint density at radius 1 is 1.38 bits per heavy atom. The number of amides is 2. The number of aliphatic imine (C=N–C) groups is 1. The molecular formula is C18H24N4O3S. The molecular weight excluding hydrogens is 352 g/mol. The predicted octanol–water partition coefficient (Wildman–Crippen LogP) is 1.86. The standard InChI is InChI=1S/C18H24N4O3S/c1-20-10-13(9-19)21-17(24)15(8-12-4-2-3-5-12)22-18(25)16-7-6-14(11-23)26-16/h6-7,9-12,15H,2-5,8,19H2,1H3,(H,21,24)(H,22,25)/b13-9+,20-10?. The first-order valence-electron chi connectivity index (χ1n) is 8.58. The summed E-state index contributed by atoms with van der Waals surface area (Å²) in [5.74, 6) is -0.275. The smallest absolute Gasteiger partial charge is 0.262 e. The highest BCUT2D eigenvalue weighted by molar-refractivity contribution is 7.15. The van der Waals surface area contributed by atoms with Crippen LogP contribution in [-0.2, 0) is 4.79 Å². The van der Waals surface area contributed by atoms with Gasteiger partial charge in [0.15, 0.2) is 6.29 Å². The Labute approximate surface area is 156 Å². The predicted molar refractivity (Wildman–Crippen MR) is 102 cm³/mol. The van der Waals surface area contributed by atoms with Crippen molar-refractivity contribution >= 4 is 35.7 Å². The zero-order chi connectivity index (χ0) is 18.9. The van der Waals surface area contributed by atoms with Crippen molar-refractivity contribution in [2.24, 2.45) is 16.6 Å². The van der Waals surface area contributed by atoms with E-state index >= 15 is 0 Å². The molecule has 0 saturated heterocycles. The molecule has 1 aliphatic rings. The number of allylic oxidation sites excluding steroid dienone is 1. The first kappa shape index (κ1) is 19.8. The second-order valence-electron chi connectivity index (χ2n) is 6.23. The van der Waals surface area contributed by atoms with Crippen LogP contribution in [0.4, 0.5) is 0 Å². The lowest BCUT2D eigenvalue weighted by Gasteiger charge is -2.21. The minimum Gasteiger partial charge on any atom is -0.403 e. The van der Waals surface area contributed by atoms with Crippen molar-refractivity contribution in [1.82, 2.24) is 10.6 Å². The molecule has 2 rings (SSSR count). The van der Waals surface area contributed by atoms with Crippen LogP contribution in [0.25, 0.3) is 0 Å². The number of rotatable bonds is 8. The molecule has 140 valence electrons. The average molecular weight is 376 g/mol. The summed E-state index contributed by atoms with van der Waals surface area (Å²) in [6, 6.07) is 2.50. The fourth-order valence-electron chi connectivity index (χ4n) is 3.06. The molecule has 0 bridgehead atoms. The zero-order valence-electron chi connectivity index (χ0n) is 14.7. The van der Waals surface area contributed by atoms with Crippen LogP contribution < -0.4 is 16.4 Å². The molecule has 1 aliphatic carbocycles. The van der Waals surface area contributed by atoms with Gasteiger partial charge in [-0.15, -0.1) is 11.3 Å². The number of aldehydes is 1. The maximum atomic E-state index is 12.7. The van der Waals surface area contributed by atoms with E-state index < -0.39 is 6.04 Å². The molecule has 1 heterocycles. The van der Waals surface area contributed by atoms with Crippen LogP contribution in [0.3, 0.4) is 0 Å². The number of nitrogens with one attached hydrogen (secondary N) is 2. The van der Waals surface area contributed by atoms with Crippen LogP contribution in [0.2, 0.25) is 0 Å².